The monoisotopic (exact) mass is 261 g/mol. The summed E-state index contributed by atoms with van der Waals surface area (Å²) in [6.07, 6.45) is 1.86. The first-order chi connectivity index (χ1) is 9.33. The number of benzene rings is 1. The van der Waals surface area contributed by atoms with Crippen molar-refractivity contribution >= 4 is 11.0 Å². The molecule has 2 N–H and O–H groups in total. The Hall–Kier alpha value is -1.75. The maximum atomic E-state index is 5.67. The molecule has 102 valence electrons. The second-order valence-electron chi connectivity index (χ2n) is 4.70. The first-order valence-corrected chi connectivity index (χ1v) is 6.82. The van der Waals surface area contributed by atoms with Gasteiger partial charge in [-0.15, -0.1) is 0 Å². The van der Waals surface area contributed by atoms with Crippen LogP contribution in [0.25, 0.3) is 11.0 Å². The van der Waals surface area contributed by atoms with Crippen LogP contribution in [-0.4, -0.2) is 29.3 Å². The Balaban J connectivity index is 2.14. The number of imidazole rings is 1. The summed E-state index contributed by atoms with van der Waals surface area (Å²) in [5.41, 5.74) is 7.73. The van der Waals surface area contributed by atoms with Crippen LogP contribution in [0.4, 0.5) is 0 Å². The van der Waals surface area contributed by atoms with E-state index in [1.54, 1.807) is 0 Å². The van der Waals surface area contributed by atoms with E-state index in [0.717, 1.165) is 47.7 Å². The molecular formula is C14H19N3O2. The number of fused-ring (bicyclic) bond motifs is 2. The molecule has 1 aliphatic rings. The van der Waals surface area contributed by atoms with Crippen LogP contribution in [0, 0.1) is 0 Å². The normalized spacial score (nSPS) is 14.0. The van der Waals surface area contributed by atoms with Crippen LogP contribution in [0.15, 0.2) is 12.1 Å². The molecule has 3 rings (SSSR count). The molecule has 2 heterocycles. The van der Waals surface area contributed by atoms with Gasteiger partial charge in [0, 0.05) is 25.1 Å². The predicted molar refractivity (Wildman–Crippen MR) is 73.8 cm³/mol. The second kappa shape index (κ2) is 5.09. The minimum Gasteiger partial charge on any atom is -0.486 e. The van der Waals surface area contributed by atoms with Crippen LogP contribution in [0.2, 0.25) is 0 Å². The zero-order valence-electron chi connectivity index (χ0n) is 11.2. The molecule has 1 aliphatic heterocycles. The highest BCUT2D eigenvalue weighted by atomic mass is 16.6. The zero-order chi connectivity index (χ0) is 13.2. The maximum absolute atomic E-state index is 5.67. The van der Waals surface area contributed by atoms with Crippen LogP contribution in [0.5, 0.6) is 11.5 Å². The van der Waals surface area contributed by atoms with E-state index in [2.05, 4.69) is 16.5 Å². The van der Waals surface area contributed by atoms with E-state index in [1.807, 2.05) is 12.1 Å². The van der Waals surface area contributed by atoms with Gasteiger partial charge in [-0.2, -0.15) is 0 Å². The van der Waals surface area contributed by atoms with Gasteiger partial charge in [-0.25, -0.2) is 4.98 Å². The van der Waals surface area contributed by atoms with Gasteiger partial charge in [0.1, 0.15) is 19.0 Å². The molecule has 0 spiro atoms. The number of hydrogen-bond acceptors (Lipinski definition) is 4. The van der Waals surface area contributed by atoms with Crippen molar-refractivity contribution in [1.29, 1.82) is 0 Å². The third-order valence-corrected chi connectivity index (χ3v) is 3.31. The van der Waals surface area contributed by atoms with Crippen LogP contribution >= 0.6 is 0 Å². The Morgan fingerprint density at radius 3 is 2.68 bits per heavy atom. The van der Waals surface area contributed by atoms with E-state index in [9.17, 15) is 0 Å². The lowest BCUT2D eigenvalue weighted by atomic mass is 10.2. The fourth-order valence-electron chi connectivity index (χ4n) is 2.50. The van der Waals surface area contributed by atoms with Gasteiger partial charge < -0.3 is 19.8 Å². The minimum atomic E-state index is 0.601. The molecule has 2 aromatic rings. The van der Waals surface area contributed by atoms with Crippen LogP contribution < -0.4 is 15.2 Å². The van der Waals surface area contributed by atoms with E-state index in [1.165, 1.54) is 0 Å². The van der Waals surface area contributed by atoms with E-state index in [0.29, 0.717) is 19.8 Å². The Bertz CT molecular complexity index is 592. The smallest absolute Gasteiger partial charge is 0.163 e. The number of hydrogen-bond donors (Lipinski definition) is 1. The lowest BCUT2D eigenvalue weighted by molar-refractivity contribution is 0.172. The summed E-state index contributed by atoms with van der Waals surface area (Å²) in [6, 6.07) is 4.00. The summed E-state index contributed by atoms with van der Waals surface area (Å²) in [4.78, 5) is 4.68. The summed E-state index contributed by atoms with van der Waals surface area (Å²) in [7, 11) is 0. The van der Waals surface area contributed by atoms with E-state index >= 15 is 0 Å². The first kappa shape index (κ1) is 12.3. The lowest BCUT2D eigenvalue weighted by Crippen LogP contribution is -2.15. The quantitative estimate of drug-likeness (QED) is 0.910. The molecule has 0 atom stereocenters. The van der Waals surface area contributed by atoms with Gasteiger partial charge in [0.25, 0.3) is 0 Å². The highest BCUT2D eigenvalue weighted by Crippen LogP contribution is 2.34. The van der Waals surface area contributed by atoms with Crippen molar-refractivity contribution in [3.05, 3.63) is 18.0 Å². The lowest BCUT2D eigenvalue weighted by Gasteiger charge is -2.18. The number of nitrogens with two attached hydrogens (primary N) is 1. The highest BCUT2D eigenvalue weighted by Gasteiger charge is 2.17. The van der Waals surface area contributed by atoms with Crippen molar-refractivity contribution in [3.8, 4) is 11.5 Å². The van der Waals surface area contributed by atoms with E-state index in [-0.39, 0.29) is 0 Å². The van der Waals surface area contributed by atoms with Crippen molar-refractivity contribution in [2.45, 2.75) is 26.3 Å². The van der Waals surface area contributed by atoms with Crippen LogP contribution in [0.3, 0.4) is 0 Å². The second-order valence-corrected chi connectivity index (χ2v) is 4.70. The van der Waals surface area contributed by atoms with E-state index in [4.69, 9.17) is 15.2 Å². The Morgan fingerprint density at radius 2 is 2.00 bits per heavy atom. The minimum absolute atomic E-state index is 0.601. The van der Waals surface area contributed by atoms with Crippen LogP contribution in [0.1, 0.15) is 19.2 Å². The number of aryl methyl sites for hydroxylation is 1. The molecule has 1 aromatic heterocycles. The Morgan fingerprint density at radius 1 is 1.26 bits per heavy atom. The molecule has 1 aromatic carbocycles. The van der Waals surface area contributed by atoms with Crippen molar-refractivity contribution in [2.75, 3.05) is 19.8 Å². The molecule has 0 saturated carbocycles. The van der Waals surface area contributed by atoms with Crippen molar-refractivity contribution in [3.63, 3.8) is 0 Å². The van der Waals surface area contributed by atoms with Gasteiger partial charge in [-0.05, 0) is 13.0 Å². The average Bonchev–Trinajstić information content (AvgIpc) is 2.75. The molecule has 0 unspecified atom stereocenters. The molecule has 0 fully saturated rings. The van der Waals surface area contributed by atoms with Gasteiger partial charge in [-0.1, -0.05) is 6.92 Å². The molecule has 0 bridgehead atoms. The molecule has 0 radical (unpaired) electrons. The molecule has 5 heteroatoms. The van der Waals surface area contributed by atoms with Gasteiger partial charge in [0.2, 0.25) is 0 Å². The van der Waals surface area contributed by atoms with Crippen molar-refractivity contribution in [2.24, 2.45) is 5.73 Å². The van der Waals surface area contributed by atoms with Gasteiger partial charge in [0.15, 0.2) is 11.5 Å². The molecule has 5 nitrogen and oxygen atoms in total. The van der Waals surface area contributed by atoms with Crippen LogP contribution in [-0.2, 0) is 13.0 Å². The molecule has 0 aliphatic carbocycles. The number of nitrogens with zero attached hydrogens (tertiary/aromatic N) is 2. The number of rotatable bonds is 4. The third kappa shape index (κ3) is 2.14. The average molecular weight is 261 g/mol. The Labute approximate surface area is 112 Å². The standard InChI is InChI=1S/C14H19N3O2/c1-2-5-17-11-9-13-12(18-6-7-19-13)8-10(11)16-14(17)3-4-15/h8-9H,2-7,15H2,1H3. The molecule has 19 heavy (non-hydrogen) atoms. The largest absolute Gasteiger partial charge is 0.486 e. The maximum Gasteiger partial charge on any atom is 0.163 e. The first-order valence-electron chi connectivity index (χ1n) is 6.82. The van der Waals surface area contributed by atoms with Gasteiger partial charge in [-0.3, -0.25) is 0 Å². The highest BCUT2D eigenvalue weighted by molar-refractivity contribution is 5.80. The fraction of sp³-hybridized carbons (Fsp3) is 0.500. The summed E-state index contributed by atoms with van der Waals surface area (Å²) in [5.74, 6) is 2.65. The topological polar surface area (TPSA) is 62.3 Å². The van der Waals surface area contributed by atoms with Crippen molar-refractivity contribution in [1.82, 2.24) is 9.55 Å². The van der Waals surface area contributed by atoms with Crippen molar-refractivity contribution < 1.29 is 9.47 Å². The fourth-order valence-corrected chi connectivity index (χ4v) is 2.50. The molecular weight excluding hydrogens is 242 g/mol. The summed E-state index contributed by atoms with van der Waals surface area (Å²) < 4.78 is 13.5. The van der Waals surface area contributed by atoms with Gasteiger partial charge in [0.05, 0.1) is 11.0 Å². The summed E-state index contributed by atoms with van der Waals surface area (Å²) >= 11 is 0. The third-order valence-electron chi connectivity index (χ3n) is 3.31. The van der Waals surface area contributed by atoms with E-state index < -0.39 is 0 Å². The SMILES string of the molecule is CCCn1c(CCN)nc2cc3c(cc21)OCCO3. The number of ether oxygens (including phenoxy) is 2. The molecule has 0 amide bonds. The number of aromatic nitrogens is 2. The predicted octanol–water partition coefficient (Wildman–Crippen LogP) is 1.72. The zero-order valence-corrected chi connectivity index (χ0v) is 11.2. The summed E-state index contributed by atoms with van der Waals surface area (Å²) in [6.45, 7) is 4.93. The molecule has 0 saturated heterocycles. The summed E-state index contributed by atoms with van der Waals surface area (Å²) in [5, 5.41) is 0. The van der Waals surface area contributed by atoms with Gasteiger partial charge >= 0.3 is 0 Å². The Kier molecular flexibility index (Phi) is 3.29.